The van der Waals surface area contributed by atoms with Crippen LogP contribution in [0.3, 0.4) is 0 Å². The van der Waals surface area contributed by atoms with Gasteiger partial charge in [-0.15, -0.1) is 11.6 Å². The van der Waals surface area contributed by atoms with Gasteiger partial charge in [0.1, 0.15) is 5.38 Å². The molecule has 1 saturated heterocycles. The summed E-state index contributed by atoms with van der Waals surface area (Å²) in [7, 11) is 0. The van der Waals surface area contributed by atoms with Gasteiger partial charge in [0.05, 0.1) is 0 Å². The first-order valence-corrected chi connectivity index (χ1v) is 7.01. The molecule has 17 heavy (non-hydrogen) atoms. The summed E-state index contributed by atoms with van der Waals surface area (Å²) >= 11 is 9.70. The molecule has 1 unspecified atom stereocenters. The standard InChI is InChI=1S/C13H15BrClNO/c1-9-8-10(4-5-11(9)14)12(15)13(17)16-6-2-3-7-16/h4-5,8,12H,2-3,6-7H2,1H3. The van der Waals surface area contributed by atoms with Crippen LogP contribution in [0.5, 0.6) is 0 Å². The third kappa shape index (κ3) is 2.83. The third-order valence-electron chi connectivity index (χ3n) is 3.11. The number of carbonyl (C=O) groups excluding carboxylic acids is 1. The van der Waals surface area contributed by atoms with Crippen LogP contribution in [0.2, 0.25) is 0 Å². The molecule has 0 spiro atoms. The maximum atomic E-state index is 12.1. The van der Waals surface area contributed by atoms with E-state index in [1.54, 1.807) is 0 Å². The first-order valence-electron chi connectivity index (χ1n) is 5.78. The summed E-state index contributed by atoms with van der Waals surface area (Å²) < 4.78 is 1.04. The lowest BCUT2D eigenvalue weighted by atomic mass is 10.1. The van der Waals surface area contributed by atoms with Crippen LogP contribution in [0.15, 0.2) is 22.7 Å². The van der Waals surface area contributed by atoms with E-state index in [2.05, 4.69) is 15.9 Å². The number of halogens is 2. The molecule has 0 saturated carbocycles. The molecule has 0 aliphatic carbocycles. The topological polar surface area (TPSA) is 20.3 Å². The molecule has 1 aromatic carbocycles. The Morgan fingerprint density at radius 2 is 2.06 bits per heavy atom. The zero-order valence-electron chi connectivity index (χ0n) is 9.75. The molecule has 0 N–H and O–H groups in total. The first kappa shape index (κ1) is 12.9. The van der Waals surface area contributed by atoms with E-state index in [0.29, 0.717) is 0 Å². The number of likely N-dealkylation sites (tertiary alicyclic amines) is 1. The van der Waals surface area contributed by atoms with Gasteiger partial charge in [-0.25, -0.2) is 0 Å². The summed E-state index contributed by atoms with van der Waals surface area (Å²) in [5.41, 5.74) is 1.98. The molecule has 1 heterocycles. The molecular formula is C13H15BrClNO. The summed E-state index contributed by atoms with van der Waals surface area (Å²) in [6.07, 6.45) is 2.18. The van der Waals surface area contributed by atoms with Gasteiger partial charge < -0.3 is 4.90 Å². The van der Waals surface area contributed by atoms with E-state index < -0.39 is 5.38 Å². The van der Waals surface area contributed by atoms with Gasteiger partial charge in [0.15, 0.2) is 0 Å². The Kier molecular flexibility index (Phi) is 4.10. The van der Waals surface area contributed by atoms with Crippen molar-refractivity contribution in [3.8, 4) is 0 Å². The quantitative estimate of drug-likeness (QED) is 0.763. The van der Waals surface area contributed by atoms with E-state index in [1.807, 2.05) is 30.0 Å². The zero-order chi connectivity index (χ0) is 12.4. The minimum atomic E-state index is -0.556. The first-order chi connectivity index (χ1) is 8.09. The second kappa shape index (κ2) is 5.40. The zero-order valence-corrected chi connectivity index (χ0v) is 12.1. The maximum absolute atomic E-state index is 12.1. The van der Waals surface area contributed by atoms with Crippen molar-refractivity contribution in [3.05, 3.63) is 33.8 Å². The number of hydrogen-bond donors (Lipinski definition) is 0. The molecule has 4 heteroatoms. The molecule has 92 valence electrons. The summed E-state index contributed by atoms with van der Waals surface area (Å²) in [4.78, 5) is 14.0. The van der Waals surface area contributed by atoms with E-state index in [1.165, 1.54) is 0 Å². The molecule has 1 atom stereocenters. The van der Waals surface area contributed by atoms with Gasteiger partial charge in [0, 0.05) is 17.6 Å². The van der Waals surface area contributed by atoms with Crippen molar-refractivity contribution in [2.75, 3.05) is 13.1 Å². The van der Waals surface area contributed by atoms with Crippen LogP contribution >= 0.6 is 27.5 Å². The molecule has 1 fully saturated rings. The number of aryl methyl sites for hydroxylation is 1. The lowest BCUT2D eigenvalue weighted by Gasteiger charge is -2.19. The molecular weight excluding hydrogens is 302 g/mol. The van der Waals surface area contributed by atoms with Crippen LogP contribution in [-0.2, 0) is 4.79 Å². The lowest BCUT2D eigenvalue weighted by Crippen LogP contribution is -2.30. The molecule has 2 nitrogen and oxygen atoms in total. The van der Waals surface area contributed by atoms with Crippen LogP contribution in [0.1, 0.15) is 29.3 Å². The summed E-state index contributed by atoms with van der Waals surface area (Å²) in [6, 6.07) is 5.82. The summed E-state index contributed by atoms with van der Waals surface area (Å²) in [5, 5.41) is -0.556. The van der Waals surface area contributed by atoms with Crippen molar-refractivity contribution in [2.45, 2.75) is 25.1 Å². The number of amides is 1. The molecule has 2 rings (SSSR count). The second-order valence-electron chi connectivity index (χ2n) is 4.40. The van der Waals surface area contributed by atoms with Crippen molar-refractivity contribution in [3.63, 3.8) is 0 Å². The Balaban J connectivity index is 2.15. The predicted molar refractivity (Wildman–Crippen MR) is 73.3 cm³/mol. The lowest BCUT2D eigenvalue weighted by molar-refractivity contribution is -0.129. The van der Waals surface area contributed by atoms with Crippen LogP contribution in [-0.4, -0.2) is 23.9 Å². The fourth-order valence-electron chi connectivity index (χ4n) is 2.07. The number of alkyl halides is 1. The van der Waals surface area contributed by atoms with Crippen LogP contribution in [0, 0.1) is 6.92 Å². The minimum Gasteiger partial charge on any atom is -0.341 e. The highest BCUT2D eigenvalue weighted by atomic mass is 79.9. The van der Waals surface area contributed by atoms with Gasteiger partial charge in [-0.05, 0) is 37.0 Å². The van der Waals surface area contributed by atoms with Crippen LogP contribution in [0.4, 0.5) is 0 Å². The van der Waals surface area contributed by atoms with Gasteiger partial charge in [-0.2, -0.15) is 0 Å². The average molecular weight is 317 g/mol. The van der Waals surface area contributed by atoms with Crippen molar-refractivity contribution in [2.24, 2.45) is 0 Å². The van der Waals surface area contributed by atoms with Crippen LogP contribution in [0.25, 0.3) is 0 Å². The van der Waals surface area contributed by atoms with Gasteiger partial charge >= 0.3 is 0 Å². The average Bonchev–Trinajstić information content (AvgIpc) is 2.84. The van der Waals surface area contributed by atoms with Gasteiger partial charge in [-0.3, -0.25) is 4.79 Å². The van der Waals surface area contributed by atoms with Gasteiger partial charge in [0.2, 0.25) is 5.91 Å². The Morgan fingerprint density at radius 1 is 1.41 bits per heavy atom. The monoisotopic (exact) mass is 315 g/mol. The van der Waals surface area contributed by atoms with Crippen molar-refractivity contribution < 1.29 is 4.79 Å². The van der Waals surface area contributed by atoms with Gasteiger partial charge in [0.25, 0.3) is 0 Å². The van der Waals surface area contributed by atoms with E-state index in [0.717, 1.165) is 41.5 Å². The van der Waals surface area contributed by atoms with E-state index in [9.17, 15) is 4.79 Å². The number of carbonyl (C=O) groups is 1. The summed E-state index contributed by atoms with van der Waals surface area (Å²) in [5.74, 6) is 0.0332. The molecule has 0 aromatic heterocycles. The van der Waals surface area contributed by atoms with Gasteiger partial charge in [-0.1, -0.05) is 28.1 Å². The Bertz CT molecular complexity index is 429. The number of hydrogen-bond acceptors (Lipinski definition) is 1. The Morgan fingerprint density at radius 3 is 2.65 bits per heavy atom. The van der Waals surface area contributed by atoms with Crippen molar-refractivity contribution in [1.82, 2.24) is 4.90 Å². The van der Waals surface area contributed by atoms with Crippen molar-refractivity contribution in [1.29, 1.82) is 0 Å². The normalized spacial score (nSPS) is 17.2. The third-order valence-corrected chi connectivity index (χ3v) is 4.44. The minimum absolute atomic E-state index is 0.0332. The number of rotatable bonds is 2. The molecule has 0 bridgehead atoms. The highest BCUT2D eigenvalue weighted by molar-refractivity contribution is 9.10. The Hall–Kier alpha value is -0.540. The fraction of sp³-hybridized carbons (Fsp3) is 0.462. The molecule has 0 radical (unpaired) electrons. The molecule has 1 aliphatic heterocycles. The second-order valence-corrected chi connectivity index (χ2v) is 5.69. The van der Waals surface area contributed by atoms with Crippen molar-refractivity contribution >= 4 is 33.4 Å². The van der Waals surface area contributed by atoms with Crippen LogP contribution < -0.4 is 0 Å². The highest BCUT2D eigenvalue weighted by Gasteiger charge is 2.26. The van der Waals surface area contributed by atoms with E-state index in [-0.39, 0.29) is 5.91 Å². The number of benzene rings is 1. The molecule has 1 aliphatic rings. The fourth-order valence-corrected chi connectivity index (χ4v) is 2.59. The molecule has 1 aromatic rings. The Labute approximate surface area is 115 Å². The van der Waals surface area contributed by atoms with E-state index in [4.69, 9.17) is 11.6 Å². The predicted octanol–water partition coefficient (Wildman–Crippen LogP) is 3.66. The summed E-state index contributed by atoms with van der Waals surface area (Å²) in [6.45, 7) is 3.69. The van der Waals surface area contributed by atoms with E-state index >= 15 is 0 Å². The SMILES string of the molecule is Cc1cc(C(Cl)C(=O)N2CCCC2)ccc1Br. The largest absolute Gasteiger partial charge is 0.341 e. The molecule has 1 amide bonds. The number of nitrogens with zero attached hydrogens (tertiary/aromatic N) is 1. The smallest absolute Gasteiger partial charge is 0.245 e. The highest BCUT2D eigenvalue weighted by Crippen LogP contribution is 2.28. The maximum Gasteiger partial charge on any atom is 0.245 e.